The Bertz CT molecular complexity index is 328. The van der Waals surface area contributed by atoms with Crippen LogP contribution in [0.2, 0.25) is 5.02 Å². The normalized spacial score (nSPS) is 12.5. The number of nitrogens with one attached hydrogen (secondary N) is 1. The summed E-state index contributed by atoms with van der Waals surface area (Å²) in [5.41, 5.74) is 1.17. The zero-order valence-electron chi connectivity index (χ0n) is 10.2. The van der Waals surface area contributed by atoms with E-state index in [0.717, 1.165) is 25.1 Å². The maximum absolute atomic E-state index is 6.06. The van der Waals surface area contributed by atoms with Gasteiger partial charge < -0.3 is 10.1 Å². The molecule has 0 spiro atoms. The average Bonchev–Trinajstić information content (AvgIpc) is 2.24. The molecule has 1 rings (SSSR count). The minimum absolute atomic E-state index is 0.202. The highest BCUT2D eigenvalue weighted by Crippen LogP contribution is 2.26. The molecular weight excluding hydrogens is 222 g/mol. The fourth-order valence-electron chi connectivity index (χ4n) is 1.54. The van der Waals surface area contributed by atoms with E-state index in [1.165, 1.54) is 5.56 Å². The quantitative estimate of drug-likeness (QED) is 0.771. The van der Waals surface area contributed by atoms with Crippen LogP contribution in [0, 0.1) is 6.92 Å². The van der Waals surface area contributed by atoms with E-state index in [2.05, 4.69) is 12.2 Å². The van der Waals surface area contributed by atoms with Crippen molar-refractivity contribution in [2.24, 2.45) is 0 Å². The third-order valence-electron chi connectivity index (χ3n) is 2.45. The maximum atomic E-state index is 6.06. The van der Waals surface area contributed by atoms with E-state index in [-0.39, 0.29) is 6.10 Å². The van der Waals surface area contributed by atoms with Gasteiger partial charge in [-0.15, -0.1) is 0 Å². The van der Waals surface area contributed by atoms with Gasteiger partial charge in [-0.2, -0.15) is 0 Å². The van der Waals surface area contributed by atoms with Gasteiger partial charge in [0.25, 0.3) is 0 Å². The molecule has 0 bridgehead atoms. The summed E-state index contributed by atoms with van der Waals surface area (Å²) in [4.78, 5) is 0. The first kappa shape index (κ1) is 13.3. The van der Waals surface area contributed by atoms with E-state index in [0.29, 0.717) is 5.02 Å². The highest BCUT2D eigenvalue weighted by atomic mass is 35.5. The van der Waals surface area contributed by atoms with Gasteiger partial charge in [-0.1, -0.05) is 17.7 Å². The molecule has 0 saturated carbocycles. The van der Waals surface area contributed by atoms with E-state index in [4.69, 9.17) is 16.3 Å². The van der Waals surface area contributed by atoms with Crippen LogP contribution in [0.25, 0.3) is 0 Å². The van der Waals surface area contributed by atoms with Crippen LogP contribution in [-0.2, 0) is 0 Å². The average molecular weight is 242 g/mol. The van der Waals surface area contributed by atoms with Gasteiger partial charge in [0.2, 0.25) is 0 Å². The molecule has 16 heavy (non-hydrogen) atoms. The van der Waals surface area contributed by atoms with Crippen molar-refractivity contribution in [2.45, 2.75) is 32.8 Å². The summed E-state index contributed by atoms with van der Waals surface area (Å²) in [5.74, 6) is 0.790. The third-order valence-corrected chi connectivity index (χ3v) is 2.76. The predicted octanol–water partition coefficient (Wildman–Crippen LogP) is 3.42. The largest absolute Gasteiger partial charge is 0.489 e. The van der Waals surface area contributed by atoms with E-state index in [1.807, 2.05) is 32.2 Å². The predicted molar refractivity (Wildman–Crippen MR) is 69.4 cm³/mol. The number of rotatable bonds is 6. The van der Waals surface area contributed by atoms with Crippen molar-refractivity contribution in [1.82, 2.24) is 5.32 Å². The number of aryl methyl sites for hydroxylation is 1. The Morgan fingerprint density at radius 2 is 2.19 bits per heavy atom. The molecule has 3 heteroatoms. The van der Waals surface area contributed by atoms with Gasteiger partial charge in [-0.25, -0.2) is 0 Å². The Labute approximate surface area is 103 Å². The SMILES string of the molecule is CNCCCC(C)Oc1cc(C)ccc1Cl. The molecule has 0 fully saturated rings. The summed E-state index contributed by atoms with van der Waals surface area (Å²) in [6.45, 7) is 5.14. The molecule has 2 nitrogen and oxygen atoms in total. The van der Waals surface area contributed by atoms with Crippen LogP contribution in [0.15, 0.2) is 18.2 Å². The summed E-state index contributed by atoms with van der Waals surface area (Å²) in [6.07, 6.45) is 2.35. The smallest absolute Gasteiger partial charge is 0.138 e. The molecule has 0 aliphatic heterocycles. The Kier molecular flexibility index (Phi) is 5.64. The molecule has 1 unspecified atom stereocenters. The summed E-state index contributed by atoms with van der Waals surface area (Å²) < 4.78 is 5.81. The van der Waals surface area contributed by atoms with Crippen molar-refractivity contribution < 1.29 is 4.74 Å². The lowest BCUT2D eigenvalue weighted by molar-refractivity contribution is 0.208. The highest BCUT2D eigenvalue weighted by molar-refractivity contribution is 6.32. The van der Waals surface area contributed by atoms with E-state index in [9.17, 15) is 0 Å². The molecule has 0 aromatic heterocycles. The summed E-state index contributed by atoms with van der Waals surface area (Å²) in [5, 5.41) is 3.81. The number of hydrogen-bond acceptors (Lipinski definition) is 2. The van der Waals surface area contributed by atoms with Crippen molar-refractivity contribution in [1.29, 1.82) is 0 Å². The third kappa shape index (κ3) is 4.42. The van der Waals surface area contributed by atoms with Gasteiger partial charge in [0.1, 0.15) is 5.75 Å². The van der Waals surface area contributed by atoms with Crippen LogP contribution in [-0.4, -0.2) is 19.7 Å². The van der Waals surface area contributed by atoms with E-state index >= 15 is 0 Å². The fourth-order valence-corrected chi connectivity index (χ4v) is 1.70. The molecule has 0 saturated heterocycles. The van der Waals surface area contributed by atoms with Gasteiger partial charge in [0.05, 0.1) is 11.1 Å². The Balaban J connectivity index is 2.48. The summed E-state index contributed by atoms with van der Waals surface area (Å²) >= 11 is 6.06. The standard InChI is InChI=1S/C13H20ClNO/c1-10-6-7-12(14)13(9-10)16-11(2)5-4-8-15-3/h6-7,9,11,15H,4-5,8H2,1-3H3. The number of benzene rings is 1. The number of halogens is 1. The second-order valence-corrected chi connectivity index (χ2v) is 4.52. The van der Waals surface area contributed by atoms with E-state index in [1.54, 1.807) is 0 Å². The lowest BCUT2D eigenvalue weighted by Gasteiger charge is -2.16. The van der Waals surface area contributed by atoms with Gasteiger partial charge in [0.15, 0.2) is 0 Å². The zero-order chi connectivity index (χ0) is 12.0. The van der Waals surface area contributed by atoms with Gasteiger partial charge in [0, 0.05) is 0 Å². The van der Waals surface area contributed by atoms with Crippen LogP contribution < -0.4 is 10.1 Å². The molecule has 90 valence electrons. The van der Waals surface area contributed by atoms with Crippen molar-refractivity contribution in [3.05, 3.63) is 28.8 Å². The van der Waals surface area contributed by atoms with Gasteiger partial charge >= 0.3 is 0 Å². The summed E-state index contributed by atoms with van der Waals surface area (Å²) in [7, 11) is 1.96. The van der Waals surface area contributed by atoms with Crippen molar-refractivity contribution in [3.63, 3.8) is 0 Å². The fraction of sp³-hybridized carbons (Fsp3) is 0.538. The second kappa shape index (κ2) is 6.77. The molecule has 0 aliphatic carbocycles. The molecule has 1 N–H and O–H groups in total. The maximum Gasteiger partial charge on any atom is 0.138 e. The molecule has 1 aromatic rings. The molecule has 1 atom stereocenters. The second-order valence-electron chi connectivity index (χ2n) is 4.11. The summed E-state index contributed by atoms with van der Waals surface area (Å²) in [6, 6.07) is 5.85. The Morgan fingerprint density at radius 3 is 2.88 bits per heavy atom. The molecule has 0 heterocycles. The monoisotopic (exact) mass is 241 g/mol. The lowest BCUT2D eigenvalue weighted by atomic mass is 10.2. The number of ether oxygens (including phenoxy) is 1. The van der Waals surface area contributed by atoms with Crippen LogP contribution in [0.3, 0.4) is 0 Å². The first-order chi connectivity index (χ1) is 7.63. The lowest BCUT2D eigenvalue weighted by Crippen LogP contribution is -2.15. The van der Waals surface area contributed by atoms with Crippen molar-refractivity contribution >= 4 is 11.6 Å². The molecule has 1 aromatic carbocycles. The minimum atomic E-state index is 0.202. The van der Waals surface area contributed by atoms with Gasteiger partial charge in [-0.3, -0.25) is 0 Å². The van der Waals surface area contributed by atoms with Crippen LogP contribution in [0.4, 0.5) is 0 Å². The van der Waals surface area contributed by atoms with Crippen molar-refractivity contribution in [2.75, 3.05) is 13.6 Å². The molecule has 0 amide bonds. The highest BCUT2D eigenvalue weighted by Gasteiger charge is 2.07. The molecule has 0 radical (unpaired) electrons. The minimum Gasteiger partial charge on any atom is -0.489 e. The molecular formula is C13H20ClNO. The van der Waals surface area contributed by atoms with E-state index < -0.39 is 0 Å². The zero-order valence-corrected chi connectivity index (χ0v) is 11.0. The van der Waals surface area contributed by atoms with Crippen molar-refractivity contribution in [3.8, 4) is 5.75 Å². The van der Waals surface area contributed by atoms with Crippen LogP contribution in [0.5, 0.6) is 5.75 Å². The van der Waals surface area contributed by atoms with Gasteiger partial charge in [-0.05, 0) is 58.0 Å². The number of hydrogen-bond donors (Lipinski definition) is 1. The Morgan fingerprint density at radius 1 is 1.44 bits per heavy atom. The first-order valence-corrected chi connectivity index (χ1v) is 6.08. The van der Waals surface area contributed by atoms with Crippen LogP contribution >= 0.6 is 11.6 Å². The first-order valence-electron chi connectivity index (χ1n) is 5.71. The Hall–Kier alpha value is -0.730. The van der Waals surface area contributed by atoms with Crippen LogP contribution in [0.1, 0.15) is 25.3 Å². The topological polar surface area (TPSA) is 21.3 Å². The molecule has 0 aliphatic rings.